The van der Waals surface area contributed by atoms with Gasteiger partial charge in [-0.3, -0.25) is 19.2 Å². The molecule has 1 rings (SSSR count). The van der Waals surface area contributed by atoms with Gasteiger partial charge in [-0.05, 0) is 0 Å². The number of hydrogen-bond donors (Lipinski definition) is 0. The Bertz CT molecular complexity index is 724. The van der Waals surface area contributed by atoms with Crippen molar-refractivity contribution in [3.63, 3.8) is 0 Å². The summed E-state index contributed by atoms with van der Waals surface area (Å²) in [7, 11) is 0. The Balaban J connectivity index is 3.13. The van der Waals surface area contributed by atoms with E-state index in [2.05, 4.69) is 23.7 Å². The van der Waals surface area contributed by atoms with Crippen LogP contribution in [0.2, 0.25) is 0 Å². The summed E-state index contributed by atoms with van der Waals surface area (Å²) in [5, 5.41) is 0. The van der Waals surface area contributed by atoms with Gasteiger partial charge in [-0.25, -0.2) is 0 Å². The Labute approximate surface area is 190 Å². The average Bonchev–Trinajstić information content (AvgIpc) is 2.78. The first kappa shape index (κ1) is 26.2. The number of terminal acetylenes is 4. The van der Waals surface area contributed by atoms with Gasteiger partial charge in [0.2, 0.25) is 23.6 Å². The van der Waals surface area contributed by atoms with E-state index in [1.54, 1.807) is 0 Å². The maximum Gasteiger partial charge on any atom is 0.225 e. The van der Waals surface area contributed by atoms with E-state index < -0.39 is 0 Å². The minimum Gasteiger partial charge on any atom is -0.331 e. The van der Waals surface area contributed by atoms with Crippen LogP contribution in [-0.2, 0) is 19.2 Å². The maximum absolute atomic E-state index is 12.7. The molecule has 0 spiro atoms. The minimum atomic E-state index is -0.287. The monoisotopic (exact) mass is 436 g/mol. The average molecular weight is 437 g/mol. The van der Waals surface area contributed by atoms with Crippen LogP contribution < -0.4 is 0 Å². The van der Waals surface area contributed by atoms with E-state index >= 15 is 0 Å². The van der Waals surface area contributed by atoms with Crippen LogP contribution in [-0.4, -0.2) is 95.6 Å². The Morgan fingerprint density at radius 1 is 0.469 bits per heavy atom. The zero-order chi connectivity index (χ0) is 23.9. The van der Waals surface area contributed by atoms with Crippen molar-refractivity contribution in [1.29, 1.82) is 0 Å². The quantitative estimate of drug-likeness (QED) is 0.552. The van der Waals surface area contributed by atoms with Crippen LogP contribution in [0.4, 0.5) is 0 Å². The Hall–Kier alpha value is -3.88. The number of rotatable bonds is 4. The zero-order valence-corrected chi connectivity index (χ0v) is 18.2. The van der Waals surface area contributed by atoms with Crippen LogP contribution in [0.15, 0.2) is 0 Å². The van der Waals surface area contributed by atoms with Crippen LogP contribution in [0.25, 0.3) is 0 Å². The third-order valence-electron chi connectivity index (χ3n) is 4.92. The highest BCUT2D eigenvalue weighted by molar-refractivity contribution is 5.83. The largest absolute Gasteiger partial charge is 0.331 e. The molecule has 1 aliphatic heterocycles. The van der Waals surface area contributed by atoms with Gasteiger partial charge in [0.05, 0.1) is 26.2 Å². The van der Waals surface area contributed by atoms with Crippen molar-refractivity contribution < 1.29 is 19.2 Å². The summed E-state index contributed by atoms with van der Waals surface area (Å²) in [5.41, 5.74) is 0. The van der Waals surface area contributed by atoms with Gasteiger partial charge in [0.25, 0.3) is 0 Å². The maximum atomic E-state index is 12.7. The van der Waals surface area contributed by atoms with Crippen molar-refractivity contribution in [1.82, 2.24) is 19.6 Å². The molecule has 0 N–H and O–H groups in total. The second kappa shape index (κ2) is 14.2. The lowest BCUT2D eigenvalue weighted by Gasteiger charge is -2.28. The first-order valence-corrected chi connectivity index (χ1v) is 10.2. The molecule has 0 atom stereocenters. The molecule has 8 heteroatoms. The number of carbonyl (C=O) groups is 4. The lowest BCUT2D eigenvalue weighted by molar-refractivity contribution is -0.136. The van der Waals surface area contributed by atoms with E-state index in [-0.39, 0.29) is 102 Å². The highest BCUT2D eigenvalue weighted by Gasteiger charge is 2.23. The van der Waals surface area contributed by atoms with Gasteiger partial charge in [-0.1, -0.05) is 23.7 Å². The summed E-state index contributed by atoms with van der Waals surface area (Å²) in [5.74, 6) is 8.49. The normalized spacial score (nSPS) is 17.4. The molecule has 8 nitrogen and oxygen atoms in total. The van der Waals surface area contributed by atoms with E-state index in [0.29, 0.717) is 0 Å². The van der Waals surface area contributed by atoms with Crippen molar-refractivity contribution in [2.75, 3.05) is 52.4 Å². The molecule has 168 valence electrons. The summed E-state index contributed by atoms with van der Waals surface area (Å²) in [6.07, 6.45) is 21.5. The van der Waals surface area contributed by atoms with Gasteiger partial charge in [0.15, 0.2) is 0 Å². The molecule has 0 aromatic rings. The fourth-order valence-corrected chi connectivity index (χ4v) is 3.16. The van der Waals surface area contributed by atoms with E-state index in [1.165, 1.54) is 19.6 Å². The van der Waals surface area contributed by atoms with Gasteiger partial charge in [-0.15, -0.1) is 25.7 Å². The van der Waals surface area contributed by atoms with Crippen molar-refractivity contribution in [2.24, 2.45) is 0 Å². The van der Waals surface area contributed by atoms with Crippen molar-refractivity contribution in [3.8, 4) is 49.4 Å². The van der Waals surface area contributed by atoms with Crippen molar-refractivity contribution in [3.05, 3.63) is 0 Å². The van der Waals surface area contributed by atoms with E-state index in [0.717, 1.165) is 0 Å². The fraction of sp³-hybridized carbons (Fsp3) is 0.500. The molecule has 0 aliphatic carbocycles. The number of amides is 4. The van der Waals surface area contributed by atoms with Crippen LogP contribution in [0.5, 0.6) is 0 Å². The van der Waals surface area contributed by atoms with Crippen LogP contribution in [0.3, 0.4) is 0 Å². The number of nitrogens with zero attached hydrogens (tertiary/aromatic N) is 4. The second-order valence-electron chi connectivity index (χ2n) is 7.08. The highest BCUT2D eigenvalue weighted by atomic mass is 16.2. The summed E-state index contributed by atoms with van der Waals surface area (Å²) in [4.78, 5) is 56.2. The third-order valence-corrected chi connectivity index (χ3v) is 4.92. The first-order valence-electron chi connectivity index (χ1n) is 10.2. The molecule has 0 unspecified atom stereocenters. The molecule has 1 fully saturated rings. The third kappa shape index (κ3) is 8.47. The summed E-state index contributed by atoms with van der Waals surface area (Å²) < 4.78 is 0. The summed E-state index contributed by atoms with van der Waals surface area (Å²) in [6.45, 7) is 0.528. The molecule has 0 aromatic heterocycles. The topological polar surface area (TPSA) is 81.2 Å². The standard InChI is InChI=1S/C24H28N4O4/c1-5-13-25-17-9-22(30)27(15-7-3)19-11-24(32)28(16-8-4)20-12-23(31)26(14-6-2)18-10-21(25)29/h1-4H,9-20H2. The van der Waals surface area contributed by atoms with Crippen LogP contribution >= 0.6 is 0 Å². The van der Waals surface area contributed by atoms with Crippen LogP contribution in [0, 0.1) is 49.4 Å². The van der Waals surface area contributed by atoms with E-state index in [4.69, 9.17) is 25.7 Å². The van der Waals surface area contributed by atoms with Crippen molar-refractivity contribution in [2.45, 2.75) is 25.7 Å². The lowest BCUT2D eigenvalue weighted by atomic mass is 10.2. The van der Waals surface area contributed by atoms with Crippen molar-refractivity contribution >= 4 is 23.6 Å². The predicted molar refractivity (Wildman–Crippen MR) is 120 cm³/mol. The fourth-order valence-electron chi connectivity index (χ4n) is 3.16. The lowest BCUT2D eigenvalue weighted by Crippen LogP contribution is -2.43. The predicted octanol–water partition coefficient (Wildman–Crippen LogP) is -0.592. The first-order chi connectivity index (χ1) is 15.4. The Morgan fingerprint density at radius 3 is 0.812 bits per heavy atom. The minimum absolute atomic E-state index is 0.00433. The van der Waals surface area contributed by atoms with Gasteiger partial charge < -0.3 is 19.6 Å². The highest BCUT2D eigenvalue weighted by Crippen LogP contribution is 2.07. The molecule has 0 saturated carbocycles. The molecule has 4 amide bonds. The Kier molecular flexibility index (Phi) is 11.6. The molecule has 1 aliphatic rings. The van der Waals surface area contributed by atoms with Gasteiger partial charge in [-0.2, -0.15) is 0 Å². The smallest absolute Gasteiger partial charge is 0.225 e. The zero-order valence-electron chi connectivity index (χ0n) is 18.2. The SMILES string of the molecule is C#CCN1CCC(=O)N(CC#C)CCC(=O)N(CC#C)CCC(=O)N(CC#C)CCC1=O. The summed E-state index contributed by atoms with van der Waals surface area (Å²) >= 11 is 0. The van der Waals surface area contributed by atoms with Gasteiger partial charge in [0, 0.05) is 51.9 Å². The molecule has 1 saturated heterocycles. The number of hydrogen-bond acceptors (Lipinski definition) is 4. The van der Waals surface area contributed by atoms with E-state index in [1.807, 2.05) is 0 Å². The molecular formula is C24H28N4O4. The molecular weight excluding hydrogens is 408 g/mol. The molecule has 32 heavy (non-hydrogen) atoms. The summed E-state index contributed by atoms with van der Waals surface area (Å²) in [6, 6.07) is 0. The molecule has 0 radical (unpaired) electrons. The van der Waals surface area contributed by atoms with Gasteiger partial charge in [0.1, 0.15) is 0 Å². The van der Waals surface area contributed by atoms with E-state index in [9.17, 15) is 19.2 Å². The molecule has 0 aromatic carbocycles. The second-order valence-corrected chi connectivity index (χ2v) is 7.08. The van der Waals surface area contributed by atoms with Gasteiger partial charge >= 0.3 is 0 Å². The number of carbonyl (C=O) groups excluding carboxylic acids is 4. The van der Waals surface area contributed by atoms with Crippen LogP contribution in [0.1, 0.15) is 25.7 Å². The molecule has 0 bridgehead atoms. The molecule has 1 heterocycles. The Morgan fingerprint density at radius 2 is 0.656 bits per heavy atom.